The molecule has 136 valence electrons. The van der Waals surface area contributed by atoms with Crippen molar-refractivity contribution in [3.8, 4) is 5.75 Å². The summed E-state index contributed by atoms with van der Waals surface area (Å²) in [5, 5.41) is 0. The van der Waals surface area contributed by atoms with Gasteiger partial charge in [-0.2, -0.15) is 0 Å². The summed E-state index contributed by atoms with van der Waals surface area (Å²) in [6, 6.07) is 4.30. The number of aryl methyl sites for hydroxylation is 1. The van der Waals surface area contributed by atoms with Gasteiger partial charge in [-0.3, -0.25) is 4.90 Å². The topological polar surface area (TPSA) is 64.8 Å². The maximum absolute atomic E-state index is 11.5. The second-order valence-corrected chi connectivity index (χ2v) is 7.02. The SMILES string of the molecule is CCOC(=O)COc1c(Br)cc(C)cc1CN1CC(C)C(N)C1.Cl. The second kappa shape index (κ2) is 9.61. The Bertz CT molecular complexity index is 561. The van der Waals surface area contributed by atoms with E-state index in [1.165, 1.54) is 0 Å². The van der Waals surface area contributed by atoms with Gasteiger partial charge in [-0.05, 0) is 47.3 Å². The third-order valence-electron chi connectivity index (χ3n) is 4.04. The molecule has 1 aliphatic heterocycles. The highest BCUT2D eigenvalue weighted by molar-refractivity contribution is 9.10. The molecule has 2 unspecified atom stereocenters. The van der Waals surface area contributed by atoms with Gasteiger partial charge in [0.1, 0.15) is 5.75 Å². The van der Waals surface area contributed by atoms with Crippen LogP contribution < -0.4 is 10.5 Å². The standard InChI is InChI=1S/C17H25BrN2O3.ClH/c1-4-22-16(21)10-23-17-13(5-11(2)6-14(17)18)8-20-7-12(3)15(19)9-20;/h5-6,12,15H,4,7-10,19H2,1-3H3;1H. The van der Waals surface area contributed by atoms with Crippen LogP contribution in [0.15, 0.2) is 16.6 Å². The van der Waals surface area contributed by atoms with Crippen LogP contribution in [0.4, 0.5) is 0 Å². The normalized spacial score (nSPS) is 20.5. The van der Waals surface area contributed by atoms with Gasteiger partial charge in [0, 0.05) is 31.2 Å². The molecule has 2 N–H and O–H groups in total. The summed E-state index contributed by atoms with van der Waals surface area (Å²) in [6.45, 7) is 8.89. The fraction of sp³-hybridized carbons (Fsp3) is 0.588. The quantitative estimate of drug-likeness (QED) is 0.716. The Hall–Kier alpha value is -0.820. The number of esters is 1. The summed E-state index contributed by atoms with van der Waals surface area (Å²) < 4.78 is 11.5. The molecule has 2 atom stereocenters. The van der Waals surface area contributed by atoms with E-state index in [9.17, 15) is 4.79 Å². The molecular weight excluding hydrogens is 396 g/mol. The summed E-state index contributed by atoms with van der Waals surface area (Å²) in [5.41, 5.74) is 8.31. The van der Waals surface area contributed by atoms with Crippen LogP contribution in [0.25, 0.3) is 0 Å². The van der Waals surface area contributed by atoms with Crippen molar-refractivity contribution in [3.05, 3.63) is 27.7 Å². The highest BCUT2D eigenvalue weighted by Gasteiger charge is 2.27. The highest BCUT2D eigenvalue weighted by Crippen LogP contribution is 2.32. The zero-order chi connectivity index (χ0) is 17.0. The number of nitrogens with zero attached hydrogens (tertiary/aromatic N) is 1. The van der Waals surface area contributed by atoms with Gasteiger partial charge >= 0.3 is 5.97 Å². The minimum atomic E-state index is -0.359. The van der Waals surface area contributed by atoms with Crippen molar-refractivity contribution < 1.29 is 14.3 Å². The van der Waals surface area contributed by atoms with Crippen molar-refractivity contribution in [3.63, 3.8) is 0 Å². The first-order valence-electron chi connectivity index (χ1n) is 7.96. The lowest BCUT2D eigenvalue weighted by molar-refractivity contribution is -0.145. The van der Waals surface area contributed by atoms with Crippen molar-refractivity contribution in [1.29, 1.82) is 0 Å². The van der Waals surface area contributed by atoms with Crippen molar-refractivity contribution in [1.82, 2.24) is 4.90 Å². The molecule has 1 aromatic rings. The van der Waals surface area contributed by atoms with Crippen LogP contribution in [0.1, 0.15) is 25.0 Å². The van der Waals surface area contributed by atoms with Crippen molar-refractivity contribution in [2.45, 2.75) is 33.4 Å². The van der Waals surface area contributed by atoms with E-state index in [1.807, 2.05) is 13.0 Å². The number of benzene rings is 1. The number of nitrogens with two attached hydrogens (primary N) is 1. The number of rotatable bonds is 6. The lowest BCUT2D eigenvalue weighted by Gasteiger charge is -2.19. The number of carbonyl (C=O) groups excluding carboxylic acids is 1. The van der Waals surface area contributed by atoms with Crippen LogP contribution in [-0.2, 0) is 16.1 Å². The smallest absolute Gasteiger partial charge is 0.344 e. The van der Waals surface area contributed by atoms with Crippen LogP contribution >= 0.6 is 28.3 Å². The van der Waals surface area contributed by atoms with E-state index in [2.05, 4.69) is 33.8 Å². The van der Waals surface area contributed by atoms with E-state index >= 15 is 0 Å². The zero-order valence-electron chi connectivity index (χ0n) is 14.4. The Morgan fingerprint density at radius 2 is 2.12 bits per heavy atom. The molecule has 2 rings (SSSR count). The predicted molar refractivity (Wildman–Crippen MR) is 101 cm³/mol. The number of hydrogen-bond acceptors (Lipinski definition) is 5. The van der Waals surface area contributed by atoms with Crippen LogP contribution in [0.5, 0.6) is 5.75 Å². The number of hydrogen-bond donors (Lipinski definition) is 1. The lowest BCUT2D eigenvalue weighted by atomic mass is 10.1. The largest absolute Gasteiger partial charge is 0.480 e. The summed E-state index contributed by atoms with van der Waals surface area (Å²) in [5.74, 6) is 0.840. The fourth-order valence-corrected chi connectivity index (χ4v) is 3.61. The minimum Gasteiger partial charge on any atom is -0.480 e. The summed E-state index contributed by atoms with van der Waals surface area (Å²) in [7, 11) is 0. The Morgan fingerprint density at radius 1 is 1.42 bits per heavy atom. The molecule has 0 radical (unpaired) electrons. The van der Waals surface area contributed by atoms with Gasteiger partial charge < -0.3 is 15.2 Å². The molecule has 0 bridgehead atoms. The molecular formula is C17H26BrClN2O3. The molecule has 0 amide bonds. The molecule has 5 nitrogen and oxygen atoms in total. The van der Waals surface area contributed by atoms with Crippen molar-refractivity contribution in [2.75, 3.05) is 26.3 Å². The average Bonchev–Trinajstić information content (AvgIpc) is 2.76. The van der Waals surface area contributed by atoms with Crippen molar-refractivity contribution >= 4 is 34.3 Å². The Kier molecular flexibility index (Phi) is 8.50. The lowest BCUT2D eigenvalue weighted by Crippen LogP contribution is -2.28. The molecule has 0 aromatic heterocycles. The molecule has 1 fully saturated rings. The number of likely N-dealkylation sites (tertiary alicyclic amines) is 1. The zero-order valence-corrected chi connectivity index (χ0v) is 16.8. The van der Waals surface area contributed by atoms with Gasteiger partial charge in [-0.1, -0.05) is 13.0 Å². The Labute approximate surface area is 158 Å². The van der Waals surface area contributed by atoms with Crippen LogP contribution in [-0.4, -0.2) is 43.2 Å². The predicted octanol–water partition coefficient (Wildman–Crippen LogP) is 2.90. The molecule has 24 heavy (non-hydrogen) atoms. The summed E-state index contributed by atoms with van der Waals surface area (Å²) >= 11 is 3.54. The van der Waals surface area contributed by atoms with E-state index < -0.39 is 0 Å². The molecule has 0 aliphatic carbocycles. The van der Waals surface area contributed by atoms with E-state index in [0.29, 0.717) is 18.3 Å². The maximum atomic E-state index is 11.5. The van der Waals surface area contributed by atoms with Crippen LogP contribution in [0.2, 0.25) is 0 Å². The van der Waals surface area contributed by atoms with Gasteiger partial charge in [0.25, 0.3) is 0 Å². The number of carbonyl (C=O) groups is 1. The third kappa shape index (κ3) is 5.62. The maximum Gasteiger partial charge on any atom is 0.344 e. The first-order valence-corrected chi connectivity index (χ1v) is 8.75. The summed E-state index contributed by atoms with van der Waals surface area (Å²) in [6.07, 6.45) is 0. The minimum absolute atomic E-state index is 0. The second-order valence-electron chi connectivity index (χ2n) is 6.16. The summed E-state index contributed by atoms with van der Waals surface area (Å²) in [4.78, 5) is 13.9. The molecule has 1 saturated heterocycles. The van der Waals surface area contributed by atoms with Crippen LogP contribution in [0, 0.1) is 12.8 Å². The third-order valence-corrected chi connectivity index (χ3v) is 4.63. The van der Waals surface area contributed by atoms with Gasteiger partial charge in [0.15, 0.2) is 6.61 Å². The molecule has 7 heteroatoms. The van der Waals surface area contributed by atoms with Gasteiger partial charge in [-0.25, -0.2) is 4.79 Å². The van der Waals surface area contributed by atoms with Gasteiger partial charge in [-0.15, -0.1) is 12.4 Å². The van der Waals surface area contributed by atoms with E-state index in [0.717, 1.165) is 35.2 Å². The van der Waals surface area contributed by atoms with E-state index in [4.69, 9.17) is 15.2 Å². The molecule has 1 aliphatic rings. The molecule has 1 heterocycles. The first-order chi connectivity index (χ1) is 10.9. The van der Waals surface area contributed by atoms with Crippen LogP contribution in [0.3, 0.4) is 0 Å². The first kappa shape index (κ1) is 21.2. The highest BCUT2D eigenvalue weighted by atomic mass is 79.9. The van der Waals surface area contributed by atoms with Gasteiger partial charge in [0.05, 0.1) is 11.1 Å². The molecule has 0 saturated carbocycles. The number of ether oxygens (including phenoxy) is 2. The monoisotopic (exact) mass is 420 g/mol. The molecule has 1 aromatic carbocycles. The Balaban J connectivity index is 0.00000288. The Morgan fingerprint density at radius 3 is 2.71 bits per heavy atom. The van der Waals surface area contributed by atoms with Crippen molar-refractivity contribution in [2.24, 2.45) is 11.7 Å². The van der Waals surface area contributed by atoms with Gasteiger partial charge in [0.2, 0.25) is 0 Å². The average molecular weight is 422 g/mol. The van der Waals surface area contributed by atoms with E-state index in [1.54, 1.807) is 6.92 Å². The number of halogens is 2. The molecule has 0 spiro atoms. The fourth-order valence-electron chi connectivity index (χ4n) is 2.88. The van der Waals surface area contributed by atoms with E-state index in [-0.39, 0.29) is 31.0 Å².